The van der Waals surface area contributed by atoms with Crippen LogP contribution in [0.25, 0.3) is 0 Å². The van der Waals surface area contributed by atoms with Crippen LogP contribution in [0.1, 0.15) is 42.4 Å². The summed E-state index contributed by atoms with van der Waals surface area (Å²) in [5, 5.41) is 3.17. The molecule has 2 aromatic rings. The molecule has 2 saturated heterocycles. The number of likely N-dealkylation sites (tertiary alicyclic amines) is 2. The van der Waals surface area contributed by atoms with E-state index in [1.165, 1.54) is 29.5 Å². The van der Waals surface area contributed by atoms with Crippen molar-refractivity contribution < 1.29 is 4.79 Å². The number of hydrogen-bond donors (Lipinski definition) is 1. The van der Waals surface area contributed by atoms with Crippen LogP contribution in [0.3, 0.4) is 0 Å². The second-order valence-corrected chi connectivity index (χ2v) is 8.90. The van der Waals surface area contributed by atoms with Gasteiger partial charge in [-0.15, -0.1) is 0 Å². The number of benzene rings is 1. The Kier molecular flexibility index (Phi) is 7.13. The van der Waals surface area contributed by atoms with Gasteiger partial charge in [-0.25, -0.2) is 0 Å². The second-order valence-electron chi connectivity index (χ2n) is 8.90. The van der Waals surface area contributed by atoms with E-state index in [4.69, 9.17) is 0 Å². The summed E-state index contributed by atoms with van der Waals surface area (Å²) in [6, 6.07) is 13.2. The number of nitrogens with zero attached hydrogens (tertiary/aromatic N) is 3. The number of carbonyl (C=O) groups is 1. The predicted molar refractivity (Wildman–Crippen MR) is 120 cm³/mol. The van der Waals surface area contributed by atoms with Crippen molar-refractivity contribution in [3.63, 3.8) is 0 Å². The number of pyridine rings is 1. The lowest BCUT2D eigenvalue weighted by Gasteiger charge is -2.42. The number of carbonyl (C=O) groups excluding carboxylic acids is 1. The first kappa shape index (κ1) is 21.0. The minimum absolute atomic E-state index is 0.124. The summed E-state index contributed by atoms with van der Waals surface area (Å²) in [4.78, 5) is 22.0. The Hall–Kier alpha value is -2.24. The number of aromatic nitrogens is 1. The molecular weight excluding hydrogens is 372 g/mol. The molecule has 0 spiro atoms. The van der Waals surface area contributed by atoms with Crippen molar-refractivity contribution in [1.82, 2.24) is 20.1 Å². The van der Waals surface area contributed by atoms with Crippen LogP contribution in [-0.4, -0.2) is 52.9 Å². The smallest absolute Gasteiger partial charge is 0.224 e. The Morgan fingerprint density at radius 3 is 2.63 bits per heavy atom. The Balaban J connectivity index is 1.23. The van der Waals surface area contributed by atoms with Crippen LogP contribution in [0.5, 0.6) is 0 Å². The fourth-order valence-electron chi connectivity index (χ4n) is 4.90. The van der Waals surface area contributed by atoms with Crippen molar-refractivity contribution in [3.05, 3.63) is 65.5 Å². The van der Waals surface area contributed by atoms with E-state index >= 15 is 0 Å². The molecule has 1 atom stereocenters. The molecule has 1 N–H and O–H groups in total. The van der Waals surface area contributed by atoms with E-state index in [0.29, 0.717) is 12.6 Å². The number of rotatable bonds is 6. The van der Waals surface area contributed by atoms with E-state index in [0.717, 1.165) is 45.6 Å². The van der Waals surface area contributed by atoms with E-state index in [9.17, 15) is 4.79 Å². The topological polar surface area (TPSA) is 48.5 Å². The Bertz CT molecular complexity index is 817. The molecule has 0 bridgehead atoms. The van der Waals surface area contributed by atoms with Crippen molar-refractivity contribution >= 4 is 5.91 Å². The molecule has 1 amide bonds. The molecule has 0 aliphatic carbocycles. The summed E-state index contributed by atoms with van der Waals surface area (Å²) >= 11 is 0. The zero-order valence-electron chi connectivity index (χ0n) is 18.1. The molecule has 4 rings (SSSR count). The maximum atomic E-state index is 12.8. The summed E-state index contributed by atoms with van der Waals surface area (Å²) in [6.45, 7) is 8.04. The SMILES string of the molecule is Cc1cccc(CNC(=O)[C@H]2CCCN(C3CCN(Cc4ccncc4)CC3)C2)c1. The highest BCUT2D eigenvalue weighted by atomic mass is 16.1. The van der Waals surface area contributed by atoms with Gasteiger partial charge in [0.1, 0.15) is 0 Å². The predicted octanol–water partition coefficient (Wildman–Crippen LogP) is 3.38. The van der Waals surface area contributed by atoms with Crippen molar-refractivity contribution in [3.8, 4) is 0 Å². The largest absolute Gasteiger partial charge is 0.352 e. The highest BCUT2D eigenvalue weighted by Gasteiger charge is 2.31. The monoisotopic (exact) mass is 406 g/mol. The molecule has 30 heavy (non-hydrogen) atoms. The minimum Gasteiger partial charge on any atom is -0.352 e. The van der Waals surface area contributed by atoms with Crippen molar-refractivity contribution in [2.45, 2.75) is 51.7 Å². The van der Waals surface area contributed by atoms with Gasteiger partial charge < -0.3 is 5.32 Å². The molecule has 0 saturated carbocycles. The highest BCUT2D eigenvalue weighted by Crippen LogP contribution is 2.24. The molecule has 3 heterocycles. The number of hydrogen-bond acceptors (Lipinski definition) is 4. The van der Waals surface area contributed by atoms with E-state index < -0.39 is 0 Å². The second kappa shape index (κ2) is 10.2. The van der Waals surface area contributed by atoms with Crippen LogP contribution < -0.4 is 5.32 Å². The van der Waals surface area contributed by atoms with Gasteiger partial charge >= 0.3 is 0 Å². The number of aryl methyl sites for hydroxylation is 1. The molecule has 0 radical (unpaired) electrons. The van der Waals surface area contributed by atoms with Crippen LogP contribution >= 0.6 is 0 Å². The zero-order valence-corrected chi connectivity index (χ0v) is 18.1. The maximum absolute atomic E-state index is 12.8. The molecule has 1 aromatic carbocycles. The van der Waals surface area contributed by atoms with Gasteiger partial charge in [-0.05, 0) is 75.5 Å². The van der Waals surface area contributed by atoms with Gasteiger partial charge in [0.05, 0.1) is 5.92 Å². The average Bonchev–Trinajstić information content (AvgIpc) is 2.79. The van der Waals surface area contributed by atoms with Crippen LogP contribution in [0.2, 0.25) is 0 Å². The Morgan fingerprint density at radius 2 is 1.87 bits per heavy atom. The van der Waals surface area contributed by atoms with Crippen molar-refractivity contribution in [2.24, 2.45) is 5.92 Å². The third-order valence-corrected chi connectivity index (χ3v) is 6.60. The average molecular weight is 407 g/mol. The molecule has 1 aromatic heterocycles. The van der Waals surface area contributed by atoms with Crippen molar-refractivity contribution in [1.29, 1.82) is 0 Å². The lowest BCUT2D eigenvalue weighted by atomic mass is 9.93. The quantitative estimate of drug-likeness (QED) is 0.799. The van der Waals surface area contributed by atoms with Crippen molar-refractivity contribution in [2.75, 3.05) is 26.2 Å². The first-order valence-electron chi connectivity index (χ1n) is 11.4. The molecule has 160 valence electrons. The third kappa shape index (κ3) is 5.67. The molecule has 5 heteroatoms. The van der Waals surface area contributed by atoms with Crippen LogP contribution in [0, 0.1) is 12.8 Å². The fourth-order valence-corrected chi connectivity index (χ4v) is 4.90. The fraction of sp³-hybridized carbons (Fsp3) is 0.520. The third-order valence-electron chi connectivity index (χ3n) is 6.60. The minimum atomic E-state index is 0.124. The van der Waals surface area contributed by atoms with E-state index in [1.807, 2.05) is 12.4 Å². The van der Waals surface area contributed by atoms with Gasteiger partial charge in [-0.3, -0.25) is 19.6 Å². The van der Waals surface area contributed by atoms with Crippen LogP contribution in [-0.2, 0) is 17.9 Å². The van der Waals surface area contributed by atoms with Gasteiger partial charge in [0.2, 0.25) is 5.91 Å². The summed E-state index contributed by atoms with van der Waals surface area (Å²) in [5.74, 6) is 0.342. The van der Waals surface area contributed by atoms with Gasteiger partial charge in [0.15, 0.2) is 0 Å². The molecule has 2 fully saturated rings. The number of amides is 1. The highest BCUT2D eigenvalue weighted by molar-refractivity contribution is 5.79. The number of nitrogens with one attached hydrogen (secondary N) is 1. The van der Waals surface area contributed by atoms with E-state index in [2.05, 4.69) is 63.4 Å². The van der Waals surface area contributed by atoms with Gasteiger partial charge in [0, 0.05) is 38.1 Å². The van der Waals surface area contributed by atoms with Gasteiger partial charge in [0.25, 0.3) is 0 Å². The Morgan fingerprint density at radius 1 is 1.07 bits per heavy atom. The lowest BCUT2D eigenvalue weighted by Crippen LogP contribution is -2.50. The molecule has 2 aliphatic heterocycles. The van der Waals surface area contributed by atoms with E-state index in [1.54, 1.807) is 0 Å². The molecule has 5 nitrogen and oxygen atoms in total. The first-order chi connectivity index (χ1) is 14.7. The summed E-state index contributed by atoms with van der Waals surface area (Å²) < 4.78 is 0. The maximum Gasteiger partial charge on any atom is 0.224 e. The van der Waals surface area contributed by atoms with Crippen LogP contribution in [0.4, 0.5) is 0 Å². The summed E-state index contributed by atoms with van der Waals surface area (Å²) in [7, 11) is 0. The summed E-state index contributed by atoms with van der Waals surface area (Å²) in [6.07, 6.45) is 8.28. The first-order valence-corrected chi connectivity index (χ1v) is 11.4. The molecular formula is C25H34N4O. The molecule has 2 aliphatic rings. The zero-order chi connectivity index (χ0) is 20.8. The Labute approximate surface area is 180 Å². The standard InChI is InChI=1S/C25H34N4O/c1-20-4-2-5-22(16-20)17-27-25(30)23-6-3-13-29(19-23)24-9-14-28(15-10-24)18-21-7-11-26-12-8-21/h2,4-5,7-8,11-12,16,23-24H,3,6,9-10,13-15,17-19H2,1H3,(H,27,30)/t23-/m0/s1. The van der Waals surface area contributed by atoms with Gasteiger partial charge in [-0.1, -0.05) is 29.8 Å². The lowest BCUT2D eigenvalue weighted by molar-refractivity contribution is -0.127. The normalized spacial score (nSPS) is 21.4. The van der Waals surface area contributed by atoms with Crippen LogP contribution in [0.15, 0.2) is 48.8 Å². The van der Waals surface area contributed by atoms with Gasteiger partial charge in [-0.2, -0.15) is 0 Å². The molecule has 0 unspecified atom stereocenters. The summed E-state index contributed by atoms with van der Waals surface area (Å²) in [5.41, 5.74) is 3.75. The number of piperidine rings is 2. The van der Waals surface area contributed by atoms with E-state index in [-0.39, 0.29) is 11.8 Å².